The molecule has 0 bridgehead atoms. The number of hydrogen-bond acceptors (Lipinski definition) is 10. The molecule has 3 N–H and O–H groups in total. The largest absolute Gasteiger partial charge is 0.425 e. The van der Waals surface area contributed by atoms with Crippen LogP contribution in [0.5, 0.6) is 0 Å². The number of aliphatic hydroxyl groups is 1. The Labute approximate surface area is 177 Å². The van der Waals surface area contributed by atoms with E-state index >= 15 is 0 Å². The summed E-state index contributed by atoms with van der Waals surface area (Å²) in [6.45, 7) is 6.82. The topological polar surface area (TPSA) is 183 Å². The second-order valence-corrected chi connectivity index (χ2v) is 10.9. The minimum absolute atomic E-state index is 0.303. The van der Waals surface area contributed by atoms with E-state index in [1.165, 1.54) is 20.8 Å². The molecular weight excluding hydrogens is 446 g/mol. The van der Waals surface area contributed by atoms with Crippen LogP contribution in [0.3, 0.4) is 0 Å². The zero-order chi connectivity index (χ0) is 23.8. The molecule has 0 spiro atoms. The van der Waals surface area contributed by atoms with Gasteiger partial charge in [-0.05, 0) is 6.42 Å². The van der Waals surface area contributed by atoms with Crippen LogP contribution in [0, 0.1) is 11.3 Å². The number of esters is 1. The number of rotatable bonds is 13. The van der Waals surface area contributed by atoms with Crippen molar-refractivity contribution in [2.75, 3.05) is 24.7 Å². The van der Waals surface area contributed by atoms with Gasteiger partial charge in [-0.25, -0.2) is 4.79 Å². The van der Waals surface area contributed by atoms with Gasteiger partial charge in [0.15, 0.2) is 0 Å². The highest BCUT2D eigenvalue weighted by atomic mass is 32.2. The fourth-order valence-corrected chi connectivity index (χ4v) is 3.58. The van der Waals surface area contributed by atoms with Crippen LogP contribution < -0.4 is 5.32 Å². The van der Waals surface area contributed by atoms with Gasteiger partial charge in [0.1, 0.15) is 0 Å². The monoisotopic (exact) mass is 477 g/mol. The maximum Gasteiger partial charge on any atom is 0.410 e. The predicted octanol–water partition coefficient (Wildman–Crippen LogP) is 0.269. The highest BCUT2D eigenvalue weighted by Gasteiger charge is 2.31. The quantitative estimate of drug-likeness (QED) is 0.143. The van der Waals surface area contributed by atoms with E-state index in [0.717, 1.165) is 0 Å². The van der Waals surface area contributed by atoms with Crippen LogP contribution in [0.4, 0.5) is 4.79 Å². The van der Waals surface area contributed by atoms with Gasteiger partial charge in [0.2, 0.25) is 6.29 Å². The minimum atomic E-state index is -4.28. The molecule has 0 aromatic rings. The standard InChI is InChI=1S/C16H31NO11S2/c1-11(2)14(19)27-12(3)28-15(20)17-9-13(18)16(4,5)10-26-30(24,25)8-6-7-29(21,22)23/h11-13,18H,6-10H2,1-5H3,(H,17,20)(H,21,22,23). The van der Waals surface area contributed by atoms with E-state index in [0.29, 0.717) is 0 Å². The van der Waals surface area contributed by atoms with E-state index in [1.807, 2.05) is 0 Å². The van der Waals surface area contributed by atoms with Crippen molar-refractivity contribution in [3.05, 3.63) is 0 Å². The Kier molecular flexibility index (Phi) is 11.2. The molecule has 2 atom stereocenters. The SMILES string of the molecule is CC(OC(=O)NCC(O)C(C)(C)COS(=O)(=O)CCCS(=O)(=O)O)OC(=O)C(C)C. The molecule has 12 nitrogen and oxygen atoms in total. The number of ether oxygens (including phenoxy) is 2. The second kappa shape index (κ2) is 11.8. The van der Waals surface area contributed by atoms with E-state index in [9.17, 15) is 31.5 Å². The second-order valence-electron chi connectivity index (χ2n) is 7.61. The maximum atomic E-state index is 11.8. The first-order valence-electron chi connectivity index (χ1n) is 9.10. The normalized spacial score (nSPS) is 14.8. The Hall–Kier alpha value is -1.48. The van der Waals surface area contributed by atoms with Crippen molar-refractivity contribution in [1.29, 1.82) is 0 Å². The van der Waals surface area contributed by atoms with E-state index in [1.54, 1.807) is 13.8 Å². The van der Waals surface area contributed by atoms with Crippen molar-refractivity contribution in [1.82, 2.24) is 5.32 Å². The van der Waals surface area contributed by atoms with Crippen molar-refractivity contribution >= 4 is 32.3 Å². The molecule has 0 saturated heterocycles. The number of carbonyl (C=O) groups excluding carboxylic acids is 2. The molecule has 14 heteroatoms. The average Bonchev–Trinajstić information content (AvgIpc) is 2.56. The smallest absolute Gasteiger partial charge is 0.410 e. The molecule has 0 rings (SSSR count). The third kappa shape index (κ3) is 13.0. The molecule has 0 saturated carbocycles. The van der Waals surface area contributed by atoms with Gasteiger partial charge in [0.05, 0.1) is 30.1 Å². The third-order valence-electron chi connectivity index (χ3n) is 3.78. The van der Waals surface area contributed by atoms with Gasteiger partial charge >= 0.3 is 12.1 Å². The summed E-state index contributed by atoms with van der Waals surface area (Å²) in [5.74, 6) is -2.30. The molecule has 0 radical (unpaired) electrons. The van der Waals surface area contributed by atoms with Gasteiger partial charge in [-0.2, -0.15) is 16.8 Å². The molecule has 178 valence electrons. The van der Waals surface area contributed by atoms with Crippen molar-refractivity contribution in [2.45, 2.75) is 53.4 Å². The van der Waals surface area contributed by atoms with E-state index in [-0.39, 0.29) is 13.0 Å². The summed E-state index contributed by atoms with van der Waals surface area (Å²) in [5.41, 5.74) is -1.11. The van der Waals surface area contributed by atoms with Gasteiger partial charge < -0.3 is 19.9 Å². The van der Waals surface area contributed by atoms with Crippen LogP contribution in [0.15, 0.2) is 0 Å². The van der Waals surface area contributed by atoms with Gasteiger partial charge in [-0.1, -0.05) is 27.7 Å². The van der Waals surface area contributed by atoms with Crippen molar-refractivity contribution in [3.8, 4) is 0 Å². The molecule has 0 aliphatic rings. The molecule has 30 heavy (non-hydrogen) atoms. The first-order chi connectivity index (χ1) is 13.4. The highest BCUT2D eigenvalue weighted by molar-refractivity contribution is 7.87. The Morgan fingerprint density at radius 2 is 1.60 bits per heavy atom. The molecule has 0 aromatic heterocycles. The molecule has 0 fully saturated rings. The summed E-state index contributed by atoms with van der Waals surface area (Å²) >= 11 is 0. The predicted molar refractivity (Wildman–Crippen MR) is 105 cm³/mol. The van der Waals surface area contributed by atoms with Crippen LogP contribution in [-0.4, -0.2) is 75.6 Å². The molecule has 0 aromatic carbocycles. The van der Waals surface area contributed by atoms with Crippen LogP contribution in [0.25, 0.3) is 0 Å². The Bertz CT molecular complexity index is 775. The number of nitrogens with one attached hydrogen (secondary N) is 1. The summed E-state index contributed by atoms with van der Waals surface area (Å²) in [7, 11) is -8.36. The van der Waals surface area contributed by atoms with Crippen molar-refractivity contribution in [3.63, 3.8) is 0 Å². The number of alkyl carbamates (subject to hydrolysis) is 1. The molecule has 0 aliphatic heterocycles. The zero-order valence-corrected chi connectivity index (χ0v) is 19.3. The summed E-state index contributed by atoms with van der Waals surface area (Å²) in [6.07, 6.45) is -3.67. The van der Waals surface area contributed by atoms with Gasteiger partial charge in [0.25, 0.3) is 20.2 Å². The van der Waals surface area contributed by atoms with Gasteiger partial charge in [-0.3, -0.25) is 13.5 Å². The third-order valence-corrected chi connectivity index (χ3v) is 5.85. The lowest BCUT2D eigenvalue weighted by Gasteiger charge is -2.30. The van der Waals surface area contributed by atoms with E-state index in [4.69, 9.17) is 18.2 Å². The lowest BCUT2D eigenvalue weighted by molar-refractivity contribution is -0.168. The van der Waals surface area contributed by atoms with E-state index < -0.39 is 74.1 Å². The zero-order valence-electron chi connectivity index (χ0n) is 17.7. The summed E-state index contributed by atoms with van der Waals surface area (Å²) in [5, 5.41) is 12.5. The number of carbonyl (C=O) groups is 2. The van der Waals surface area contributed by atoms with Crippen molar-refractivity contribution < 1.29 is 49.7 Å². The fourth-order valence-electron chi connectivity index (χ4n) is 1.79. The molecule has 1 amide bonds. The minimum Gasteiger partial charge on any atom is -0.425 e. The Morgan fingerprint density at radius 3 is 2.10 bits per heavy atom. The average molecular weight is 478 g/mol. The Morgan fingerprint density at radius 1 is 1.03 bits per heavy atom. The van der Waals surface area contributed by atoms with Crippen LogP contribution in [0.1, 0.15) is 41.0 Å². The van der Waals surface area contributed by atoms with Crippen LogP contribution in [-0.2, 0) is 38.7 Å². The molecule has 0 heterocycles. The number of aliphatic hydroxyl groups excluding tert-OH is 1. The Balaban J connectivity index is 4.47. The number of hydrogen-bond donors (Lipinski definition) is 3. The molecular formula is C16H31NO11S2. The number of amides is 1. The summed E-state index contributed by atoms with van der Waals surface area (Å²) in [6, 6.07) is 0. The summed E-state index contributed by atoms with van der Waals surface area (Å²) in [4.78, 5) is 23.1. The fraction of sp³-hybridized carbons (Fsp3) is 0.875. The van der Waals surface area contributed by atoms with Crippen LogP contribution >= 0.6 is 0 Å². The maximum absolute atomic E-state index is 11.8. The molecule has 0 aliphatic carbocycles. The van der Waals surface area contributed by atoms with Gasteiger partial charge in [0, 0.05) is 18.9 Å². The highest BCUT2D eigenvalue weighted by Crippen LogP contribution is 2.22. The van der Waals surface area contributed by atoms with Crippen LogP contribution in [0.2, 0.25) is 0 Å². The molecule has 2 unspecified atom stereocenters. The first-order valence-corrected chi connectivity index (χ1v) is 12.3. The first kappa shape index (κ1) is 28.5. The van der Waals surface area contributed by atoms with Crippen molar-refractivity contribution in [2.24, 2.45) is 11.3 Å². The summed E-state index contributed by atoms with van der Waals surface area (Å²) < 4.78 is 67.9. The van der Waals surface area contributed by atoms with E-state index in [2.05, 4.69) is 5.32 Å². The lowest BCUT2D eigenvalue weighted by atomic mass is 9.87. The van der Waals surface area contributed by atoms with Gasteiger partial charge in [-0.15, -0.1) is 0 Å². The lowest BCUT2D eigenvalue weighted by Crippen LogP contribution is -2.44.